The molecule has 0 unspecified atom stereocenters. The second-order valence-corrected chi connectivity index (χ2v) is 4.66. The van der Waals surface area contributed by atoms with Crippen LogP contribution in [0.1, 0.15) is 27.7 Å². The second kappa shape index (κ2) is 4.49. The molecule has 2 heteroatoms. The van der Waals surface area contributed by atoms with Crippen molar-refractivity contribution in [3.05, 3.63) is 47.9 Å². The Kier molecular flexibility index (Phi) is 3.53. The molecule has 1 aliphatic heterocycles. The van der Waals surface area contributed by atoms with Crippen LogP contribution in [0, 0.1) is 5.41 Å². The molecule has 0 saturated carbocycles. The van der Waals surface area contributed by atoms with E-state index in [9.17, 15) is 0 Å². The first-order valence-corrected chi connectivity index (χ1v) is 5.23. The lowest BCUT2D eigenvalue weighted by Crippen LogP contribution is -2.30. The second-order valence-electron chi connectivity index (χ2n) is 4.66. The predicted molar refractivity (Wildman–Crippen MR) is 65.6 cm³/mol. The van der Waals surface area contributed by atoms with E-state index in [1.165, 1.54) is 5.57 Å². The highest BCUT2D eigenvalue weighted by molar-refractivity contribution is 5.42. The van der Waals surface area contributed by atoms with Crippen molar-refractivity contribution >= 4 is 0 Å². The van der Waals surface area contributed by atoms with Gasteiger partial charge in [0.25, 0.3) is 0 Å². The topological polar surface area (TPSA) is 29.3 Å². The zero-order valence-electron chi connectivity index (χ0n) is 9.99. The molecule has 1 aliphatic rings. The molecule has 0 amide bonds. The van der Waals surface area contributed by atoms with Gasteiger partial charge in [-0.05, 0) is 30.1 Å². The van der Waals surface area contributed by atoms with Gasteiger partial charge in [0.15, 0.2) is 0 Å². The van der Waals surface area contributed by atoms with Crippen molar-refractivity contribution in [1.29, 1.82) is 0 Å². The molecule has 0 fully saturated rings. The van der Waals surface area contributed by atoms with Crippen LogP contribution < -0.4 is 5.84 Å². The van der Waals surface area contributed by atoms with Crippen molar-refractivity contribution in [2.75, 3.05) is 0 Å². The van der Waals surface area contributed by atoms with Crippen molar-refractivity contribution in [2.45, 2.75) is 27.7 Å². The number of allylic oxidation sites excluding steroid dienone is 6. The summed E-state index contributed by atoms with van der Waals surface area (Å²) in [5.74, 6) is 5.91. The van der Waals surface area contributed by atoms with Crippen molar-refractivity contribution in [3.8, 4) is 0 Å². The first-order chi connectivity index (χ1) is 6.96. The number of rotatable bonds is 1. The third kappa shape index (κ3) is 2.83. The van der Waals surface area contributed by atoms with Gasteiger partial charge in [0.1, 0.15) is 0 Å². The average molecular weight is 204 g/mol. The van der Waals surface area contributed by atoms with E-state index in [1.54, 1.807) is 5.01 Å². The third-order valence-electron chi connectivity index (χ3n) is 2.32. The molecule has 82 valence electrons. The van der Waals surface area contributed by atoms with Crippen LogP contribution in [0.25, 0.3) is 0 Å². The normalized spacial score (nSPS) is 20.2. The lowest BCUT2D eigenvalue weighted by molar-refractivity contribution is 0.430. The smallest absolute Gasteiger partial charge is 0.0605 e. The minimum Gasteiger partial charge on any atom is -0.287 e. The molecule has 0 aromatic carbocycles. The average Bonchev–Trinajstić information content (AvgIpc) is 2.14. The zero-order valence-corrected chi connectivity index (χ0v) is 9.99. The highest BCUT2D eigenvalue weighted by atomic mass is 15.4. The van der Waals surface area contributed by atoms with Crippen LogP contribution in [0.2, 0.25) is 0 Å². The summed E-state index contributed by atoms with van der Waals surface area (Å²) < 4.78 is 0. The first-order valence-electron chi connectivity index (χ1n) is 5.23. The molecule has 0 aliphatic carbocycles. The Morgan fingerprint density at radius 1 is 1.33 bits per heavy atom. The number of nitrogens with two attached hydrogens (primary N) is 1. The molecule has 2 N–H and O–H groups in total. The van der Waals surface area contributed by atoms with Crippen molar-refractivity contribution in [1.82, 2.24) is 5.01 Å². The van der Waals surface area contributed by atoms with Crippen LogP contribution in [0.4, 0.5) is 0 Å². The monoisotopic (exact) mass is 204 g/mol. The van der Waals surface area contributed by atoms with Gasteiger partial charge >= 0.3 is 0 Å². The Hall–Kier alpha value is -1.28. The highest BCUT2D eigenvalue weighted by Crippen LogP contribution is 2.33. The van der Waals surface area contributed by atoms with Gasteiger partial charge < -0.3 is 0 Å². The minimum atomic E-state index is 0.107. The summed E-state index contributed by atoms with van der Waals surface area (Å²) in [6, 6.07) is 0. The molecule has 0 atom stereocenters. The van der Waals surface area contributed by atoms with E-state index in [-0.39, 0.29) is 5.41 Å². The van der Waals surface area contributed by atoms with Crippen LogP contribution in [-0.4, -0.2) is 5.01 Å². The zero-order chi connectivity index (χ0) is 11.5. The van der Waals surface area contributed by atoms with E-state index >= 15 is 0 Å². The Morgan fingerprint density at radius 2 is 2.00 bits per heavy atom. The van der Waals surface area contributed by atoms with Gasteiger partial charge in [0.05, 0.1) is 5.70 Å². The maximum absolute atomic E-state index is 5.91. The molecular weight excluding hydrogens is 184 g/mol. The molecule has 0 bridgehead atoms. The highest BCUT2D eigenvalue weighted by Gasteiger charge is 2.23. The molecule has 0 aromatic rings. The van der Waals surface area contributed by atoms with Gasteiger partial charge in [-0.1, -0.05) is 39.0 Å². The molecule has 0 aromatic heterocycles. The fourth-order valence-electron chi connectivity index (χ4n) is 1.53. The Balaban J connectivity index is 3.11. The van der Waals surface area contributed by atoms with Crippen LogP contribution in [0.15, 0.2) is 47.9 Å². The van der Waals surface area contributed by atoms with E-state index in [2.05, 4.69) is 26.8 Å². The number of hydrogen-bond acceptors (Lipinski definition) is 2. The van der Waals surface area contributed by atoms with Crippen molar-refractivity contribution in [2.24, 2.45) is 11.3 Å². The van der Waals surface area contributed by atoms with Gasteiger partial charge in [-0.25, -0.2) is 5.84 Å². The van der Waals surface area contributed by atoms with Crippen LogP contribution >= 0.6 is 0 Å². The number of nitrogens with zero attached hydrogens (tertiary/aromatic N) is 1. The summed E-state index contributed by atoms with van der Waals surface area (Å²) in [6.45, 7) is 8.57. The van der Waals surface area contributed by atoms with Crippen molar-refractivity contribution in [3.63, 3.8) is 0 Å². The molecule has 0 saturated heterocycles. The molecule has 1 rings (SSSR count). The van der Waals surface area contributed by atoms with E-state index in [0.29, 0.717) is 0 Å². The first kappa shape index (κ1) is 11.8. The van der Waals surface area contributed by atoms with Gasteiger partial charge in [0, 0.05) is 6.20 Å². The lowest BCUT2D eigenvalue weighted by Gasteiger charge is -2.31. The fraction of sp³-hybridized carbons (Fsp3) is 0.385. The maximum atomic E-state index is 5.91. The Morgan fingerprint density at radius 3 is 2.53 bits per heavy atom. The largest absolute Gasteiger partial charge is 0.287 e. The van der Waals surface area contributed by atoms with Crippen LogP contribution in [0.3, 0.4) is 0 Å². The summed E-state index contributed by atoms with van der Waals surface area (Å²) in [7, 11) is 0. The van der Waals surface area contributed by atoms with E-state index in [1.807, 2.05) is 37.4 Å². The summed E-state index contributed by atoms with van der Waals surface area (Å²) in [4.78, 5) is 0. The molecule has 2 nitrogen and oxygen atoms in total. The van der Waals surface area contributed by atoms with Crippen molar-refractivity contribution < 1.29 is 0 Å². The van der Waals surface area contributed by atoms with Gasteiger partial charge in [-0.3, -0.25) is 5.01 Å². The lowest BCUT2D eigenvalue weighted by atomic mass is 9.83. The standard InChI is InChI=1S/C13H20N2/c1-5-6-9-12-11(13(2,3)4)8-7-10-15(12)14/h5-10H,14H2,1-4H3/b6-5-,12-9-. The number of hydrogen-bond donors (Lipinski definition) is 1. The summed E-state index contributed by atoms with van der Waals surface area (Å²) in [5, 5.41) is 1.67. The van der Waals surface area contributed by atoms with E-state index in [4.69, 9.17) is 5.84 Å². The van der Waals surface area contributed by atoms with Gasteiger partial charge in [-0.15, -0.1) is 0 Å². The van der Waals surface area contributed by atoms with E-state index < -0.39 is 0 Å². The maximum Gasteiger partial charge on any atom is 0.0605 e. The molecule has 0 radical (unpaired) electrons. The Labute approximate surface area is 92.4 Å². The SMILES string of the molecule is C/C=C\C=C1\C(C(C)(C)C)=CC=CN1N. The fourth-order valence-corrected chi connectivity index (χ4v) is 1.53. The van der Waals surface area contributed by atoms with E-state index in [0.717, 1.165) is 5.70 Å². The Bertz CT molecular complexity index is 338. The predicted octanol–water partition coefficient (Wildman–Crippen LogP) is 3.12. The third-order valence-corrected chi connectivity index (χ3v) is 2.32. The molecule has 15 heavy (non-hydrogen) atoms. The summed E-state index contributed by atoms with van der Waals surface area (Å²) in [5.41, 5.74) is 2.42. The number of hydrazine groups is 1. The van der Waals surface area contributed by atoms with Crippen LogP contribution in [-0.2, 0) is 0 Å². The minimum absolute atomic E-state index is 0.107. The van der Waals surface area contributed by atoms with Gasteiger partial charge in [-0.2, -0.15) is 0 Å². The summed E-state index contributed by atoms with van der Waals surface area (Å²) >= 11 is 0. The summed E-state index contributed by atoms with van der Waals surface area (Å²) in [6.07, 6.45) is 12.0. The molecule has 0 spiro atoms. The van der Waals surface area contributed by atoms with Crippen LogP contribution in [0.5, 0.6) is 0 Å². The quantitative estimate of drug-likeness (QED) is 0.665. The molecular formula is C13H20N2. The van der Waals surface area contributed by atoms with Gasteiger partial charge in [0.2, 0.25) is 0 Å². The molecule has 1 heterocycles.